The summed E-state index contributed by atoms with van der Waals surface area (Å²) in [6.07, 6.45) is 2.80. The van der Waals surface area contributed by atoms with Crippen LogP contribution in [-0.2, 0) is 4.79 Å². The van der Waals surface area contributed by atoms with Crippen LogP contribution in [0.2, 0.25) is 0 Å². The van der Waals surface area contributed by atoms with Gasteiger partial charge in [-0.1, -0.05) is 26.3 Å². The lowest BCUT2D eigenvalue weighted by Gasteiger charge is -2.42. The molecule has 1 N–H and O–H groups in total. The standard InChI is InChI=1S/C16H23F3N2O/c1-3-6-13-11(2)7-5-10-21(13)15(22)14-12(16(17,18)19)8-4-9-20-14/h4,8-9,11,13-14,20H,3,5-7,10H2,1-2H3/t11-,13-,14?/m1/s1. The number of nitrogens with one attached hydrogen (secondary N) is 1. The maximum absolute atomic E-state index is 13.1. The summed E-state index contributed by atoms with van der Waals surface area (Å²) in [5.74, 6) is -0.131. The number of dihydropyridines is 1. The molecule has 1 amide bonds. The molecule has 2 aliphatic rings. The molecule has 0 aromatic heterocycles. The molecule has 0 aromatic rings. The summed E-state index contributed by atoms with van der Waals surface area (Å²) in [7, 11) is 0. The van der Waals surface area contributed by atoms with Crippen molar-refractivity contribution in [2.75, 3.05) is 6.54 Å². The molecule has 3 nitrogen and oxygen atoms in total. The zero-order chi connectivity index (χ0) is 16.3. The van der Waals surface area contributed by atoms with Crippen LogP contribution in [0, 0.1) is 5.92 Å². The highest BCUT2D eigenvalue weighted by Gasteiger charge is 2.45. The molecule has 1 fully saturated rings. The minimum absolute atomic E-state index is 0.0356. The van der Waals surface area contributed by atoms with Gasteiger partial charge in [0, 0.05) is 12.6 Å². The summed E-state index contributed by atoms with van der Waals surface area (Å²) in [5, 5.41) is 2.59. The average Bonchev–Trinajstić information content (AvgIpc) is 2.48. The summed E-state index contributed by atoms with van der Waals surface area (Å²) >= 11 is 0. The van der Waals surface area contributed by atoms with Crippen molar-refractivity contribution in [2.45, 2.75) is 57.8 Å². The fraction of sp³-hybridized carbons (Fsp3) is 0.688. The predicted octanol–water partition coefficient (Wildman–Crippen LogP) is 3.39. The lowest BCUT2D eigenvalue weighted by Crippen LogP contribution is -2.55. The van der Waals surface area contributed by atoms with E-state index >= 15 is 0 Å². The molecule has 124 valence electrons. The van der Waals surface area contributed by atoms with Gasteiger partial charge in [-0.2, -0.15) is 13.2 Å². The van der Waals surface area contributed by atoms with Crippen molar-refractivity contribution in [3.8, 4) is 0 Å². The molecule has 2 aliphatic heterocycles. The van der Waals surface area contributed by atoms with E-state index in [0.29, 0.717) is 12.5 Å². The Hall–Kier alpha value is -1.46. The van der Waals surface area contributed by atoms with Crippen molar-refractivity contribution in [3.63, 3.8) is 0 Å². The van der Waals surface area contributed by atoms with Crippen LogP contribution in [-0.4, -0.2) is 35.6 Å². The quantitative estimate of drug-likeness (QED) is 0.865. The largest absolute Gasteiger partial charge is 0.415 e. The molecule has 0 aliphatic carbocycles. The number of piperidine rings is 1. The number of carbonyl (C=O) groups is 1. The summed E-state index contributed by atoms with van der Waals surface area (Å²) in [5.41, 5.74) is -0.812. The molecule has 0 bridgehead atoms. The highest BCUT2D eigenvalue weighted by molar-refractivity contribution is 5.86. The second kappa shape index (κ2) is 6.75. The Kier molecular flexibility index (Phi) is 5.19. The maximum Gasteiger partial charge on any atom is 0.415 e. The van der Waals surface area contributed by atoms with E-state index in [-0.39, 0.29) is 6.04 Å². The molecule has 1 unspecified atom stereocenters. The van der Waals surface area contributed by atoms with Gasteiger partial charge in [0.25, 0.3) is 0 Å². The van der Waals surface area contributed by atoms with E-state index in [0.717, 1.165) is 31.8 Å². The first-order valence-electron chi connectivity index (χ1n) is 7.86. The van der Waals surface area contributed by atoms with Gasteiger partial charge in [-0.3, -0.25) is 4.79 Å². The van der Waals surface area contributed by atoms with Gasteiger partial charge in [-0.15, -0.1) is 0 Å². The summed E-state index contributed by atoms with van der Waals surface area (Å²) in [4.78, 5) is 14.4. The van der Waals surface area contributed by atoms with Crippen molar-refractivity contribution in [1.82, 2.24) is 10.2 Å². The van der Waals surface area contributed by atoms with E-state index in [2.05, 4.69) is 12.2 Å². The van der Waals surface area contributed by atoms with E-state index in [4.69, 9.17) is 0 Å². The Balaban J connectivity index is 2.21. The number of carbonyl (C=O) groups excluding carboxylic acids is 1. The first-order valence-corrected chi connectivity index (χ1v) is 7.86. The van der Waals surface area contributed by atoms with Crippen LogP contribution in [0.5, 0.6) is 0 Å². The zero-order valence-electron chi connectivity index (χ0n) is 13.0. The summed E-state index contributed by atoms with van der Waals surface area (Å²) in [6.45, 7) is 4.65. The molecule has 0 spiro atoms. The van der Waals surface area contributed by atoms with Gasteiger partial charge in [0.1, 0.15) is 6.04 Å². The molecule has 3 atom stereocenters. The van der Waals surface area contributed by atoms with E-state index in [9.17, 15) is 18.0 Å². The van der Waals surface area contributed by atoms with E-state index < -0.39 is 23.7 Å². The van der Waals surface area contributed by atoms with Gasteiger partial charge in [0.2, 0.25) is 5.91 Å². The Labute approximate surface area is 129 Å². The topological polar surface area (TPSA) is 32.3 Å². The predicted molar refractivity (Wildman–Crippen MR) is 79.0 cm³/mol. The van der Waals surface area contributed by atoms with Gasteiger partial charge in [0.05, 0.1) is 5.57 Å². The minimum atomic E-state index is -4.50. The van der Waals surface area contributed by atoms with Crippen molar-refractivity contribution in [1.29, 1.82) is 0 Å². The number of likely N-dealkylation sites (tertiary alicyclic amines) is 1. The van der Waals surface area contributed by atoms with Crippen LogP contribution in [0.25, 0.3) is 0 Å². The molecule has 0 aromatic carbocycles. The fourth-order valence-electron chi connectivity index (χ4n) is 3.38. The van der Waals surface area contributed by atoms with Gasteiger partial charge in [-0.25, -0.2) is 0 Å². The number of amides is 1. The molecule has 2 rings (SSSR count). The Morgan fingerprint density at radius 3 is 2.82 bits per heavy atom. The number of nitrogens with zero attached hydrogens (tertiary/aromatic N) is 1. The minimum Gasteiger partial charge on any atom is -0.376 e. The third kappa shape index (κ3) is 3.47. The zero-order valence-corrected chi connectivity index (χ0v) is 13.0. The van der Waals surface area contributed by atoms with Crippen LogP contribution in [0.4, 0.5) is 13.2 Å². The highest BCUT2D eigenvalue weighted by Crippen LogP contribution is 2.33. The van der Waals surface area contributed by atoms with Crippen LogP contribution in [0.15, 0.2) is 23.9 Å². The van der Waals surface area contributed by atoms with Crippen molar-refractivity contribution < 1.29 is 18.0 Å². The fourth-order valence-corrected chi connectivity index (χ4v) is 3.38. The number of hydrogen-bond acceptors (Lipinski definition) is 2. The number of halogens is 3. The molecular formula is C16H23F3N2O. The molecule has 2 heterocycles. The van der Waals surface area contributed by atoms with Crippen LogP contribution in [0.3, 0.4) is 0 Å². The Morgan fingerprint density at radius 1 is 1.45 bits per heavy atom. The lowest BCUT2D eigenvalue weighted by molar-refractivity contribution is -0.142. The monoisotopic (exact) mass is 316 g/mol. The van der Waals surface area contributed by atoms with E-state index in [1.54, 1.807) is 4.90 Å². The molecule has 0 radical (unpaired) electrons. The van der Waals surface area contributed by atoms with Gasteiger partial charge >= 0.3 is 6.18 Å². The Bertz CT molecular complexity index is 471. The van der Waals surface area contributed by atoms with Gasteiger partial charge in [-0.05, 0) is 37.5 Å². The molecule has 22 heavy (non-hydrogen) atoms. The molecular weight excluding hydrogens is 293 g/mol. The number of rotatable bonds is 3. The molecule has 6 heteroatoms. The van der Waals surface area contributed by atoms with Crippen LogP contribution < -0.4 is 5.32 Å². The van der Waals surface area contributed by atoms with Crippen molar-refractivity contribution in [2.24, 2.45) is 5.92 Å². The highest BCUT2D eigenvalue weighted by atomic mass is 19.4. The smallest absolute Gasteiger partial charge is 0.376 e. The van der Waals surface area contributed by atoms with Gasteiger partial charge in [0.15, 0.2) is 0 Å². The molecule has 1 saturated heterocycles. The van der Waals surface area contributed by atoms with Crippen molar-refractivity contribution >= 4 is 5.91 Å². The van der Waals surface area contributed by atoms with Crippen LogP contribution in [0.1, 0.15) is 39.5 Å². The number of alkyl halides is 3. The van der Waals surface area contributed by atoms with Crippen LogP contribution >= 0.6 is 0 Å². The number of hydrogen-bond donors (Lipinski definition) is 1. The first kappa shape index (κ1) is 16.9. The third-order valence-electron chi connectivity index (χ3n) is 4.50. The van der Waals surface area contributed by atoms with Crippen molar-refractivity contribution in [3.05, 3.63) is 23.9 Å². The van der Waals surface area contributed by atoms with E-state index in [1.807, 2.05) is 6.92 Å². The molecule has 0 saturated carbocycles. The third-order valence-corrected chi connectivity index (χ3v) is 4.50. The normalized spacial score (nSPS) is 29.0. The number of allylic oxidation sites excluding steroid dienone is 2. The average molecular weight is 316 g/mol. The van der Waals surface area contributed by atoms with E-state index in [1.165, 1.54) is 12.3 Å². The SMILES string of the molecule is CCC[C@@H]1[C@H](C)CCCN1C(=O)C1NC=CC=C1C(F)(F)F. The second-order valence-corrected chi connectivity index (χ2v) is 6.09. The first-order chi connectivity index (χ1) is 10.4. The maximum atomic E-state index is 13.1. The van der Waals surface area contributed by atoms with Gasteiger partial charge < -0.3 is 10.2 Å². The summed E-state index contributed by atoms with van der Waals surface area (Å²) in [6, 6.07) is -1.29. The lowest BCUT2D eigenvalue weighted by atomic mass is 9.87. The Morgan fingerprint density at radius 2 is 2.18 bits per heavy atom. The second-order valence-electron chi connectivity index (χ2n) is 6.09. The summed E-state index contributed by atoms with van der Waals surface area (Å²) < 4.78 is 39.4.